The molecule has 4 heteroatoms. The second-order valence-corrected chi connectivity index (χ2v) is 6.14. The van der Waals surface area contributed by atoms with Crippen molar-refractivity contribution in [2.24, 2.45) is 5.92 Å². The van der Waals surface area contributed by atoms with Gasteiger partial charge in [0, 0.05) is 25.2 Å². The van der Waals surface area contributed by atoms with Crippen LogP contribution in [0.5, 0.6) is 0 Å². The van der Waals surface area contributed by atoms with Gasteiger partial charge in [0.25, 0.3) is 0 Å². The van der Waals surface area contributed by atoms with Gasteiger partial charge in [-0.2, -0.15) is 0 Å². The SMILES string of the molecule is CCC(C)C1CN(c2c(F)ccc(C)c2F)C(CC)CN1. The van der Waals surface area contributed by atoms with Crippen LogP contribution in [0.1, 0.15) is 39.2 Å². The van der Waals surface area contributed by atoms with Crippen molar-refractivity contribution in [2.45, 2.75) is 52.6 Å². The van der Waals surface area contributed by atoms with Crippen LogP contribution in [0.25, 0.3) is 0 Å². The highest BCUT2D eigenvalue weighted by molar-refractivity contribution is 5.53. The van der Waals surface area contributed by atoms with Gasteiger partial charge in [-0.3, -0.25) is 0 Å². The molecule has 0 bridgehead atoms. The van der Waals surface area contributed by atoms with Crippen LogP contribution in [0.2, 0.25) is 0 Å². The molecule has 118 valence electrons. The van der Waals surface area contributed by atoms with Gasteiger partial charge in [-0.05, 0) is 30.9 Å². The van der Waals surface area contributed by atoms with Gasteiger partial charge < -0.3 is 10.2 Å². The van der Waals surface area contributed by atoms with Crippen molar-refractivity contribution in [3.05, 3.63) is 29.3 Å². The molecule has 1 aliphatic heterocycles. The van der Waals surface area contributed by atoms with E-state index in [1.807, 2.05) is 4.90 Å². The first-order valence-electron chi connectivity index (χ1n) is 7.94. The molecule has 1 aromatic rings. The number of hydrogen-bond donors (Lipinski definition) is 1. The second-order valence-electron chi connectivity index (χ2n) is 6.14. The molecule has 1 aliphatic rings. The smallest absolute Gasteiger partial charge is 0.152 e. The van der Waals surface area contributed by atoms with E-state index >= 15 is 0 Å². The van der Waals surface area contributed by atoms with E-state index in [2.05, 4.69) is 26.1 Å². The van der Waals surface area contributed by atoms with Crippen LogP contribution in [-0.2, 0) is 0 Å². The first-order valence-corrected chi connectivity index (χ1v) is 7.94. The maximum absolute atomic E-state index is 14.5. The Bertz CT molecular complexity index is 490. The Kier molecular flexibility index (Phi) is 5.20. The lowest BCUT2D eigenvalue weighted by Crippen LogP contribution is -2.58. The summed E-state index contributed by atoms with van der Waals surface area (Å²) >= 11 is 0. The first kappa shape index (κ1) is 16.2. The Labute approximate surface area is 126 Å². The summed E-state index contributed by atoms with van der Waals surface area (Å²) in [7, 11) is 0. The number of nitrogens with zero attached hydrogens (tertiary/aromatic N) is 1. The van der Waals surface area contributed by atoms with E-state index < -0.39 is 11.6 Å². The van der Waals surface area contributed by atoms with Crippen molar-refractivity contribution < 1.29 is 8.78 Å². The lowest BCUT2D eigenvalue weighted by molar-refractivity contribution is 0.302. The number of piperazine rings is 1. The molecule has 3 unspecified atom stereocenters. The fraction of sp³-hybridized carbons (Fsp3) is 0.647. The van der Waals surface area contributed by atoms with Gasteiger partial charge in [-0.25, -0.2) is 8.78 Å². The Balaban J connectivity index is 2.36. The van der Waals surface area contributed by atoms with E-state index in [-0.39, 0.29) is 17.8 Å². The van der Waals surface area contributed by atoms with Crippen molar-refractivity contribution >= 4 is 5.69 Å². The monoisotopic (exact) mass is 296 g/mol. The molecule has 1 aromatic carbocycles. The summed E-state index contributed by atoms with van der Waals surface area (Å²) in [5.41, 5.74) is 0.650. The fourth-order valence-electron chi connectivity index (χ4n) is 3.03. The van der Waals surface area contributed by atoms with E-state index in [0.29, 0.717) is 18.0 Å². The largest absolute Gasteiger partial charge is 0.361 e. The minimum atomic E-state index is -0.457. The summed E-state index contributed by atoms with van der Waals surface area (Å²) < 4.78 is 28.7. The predicted molar refractivity (Wildman–Crippen MR) is 83.8 cm³/mol. The number of benzene rings is 1. The van der Waals surface area contributed by atoms with Gasteiger partial charge in [0.15, 0.2) is 5.82 Å². The molecule has 1 heterocycles. The molecule has 0 aromatic heterocycles. The van der Waals surface area contributed by atoms with E-state index in [0.717, 1.165) is 19.4 Å². The lowest BCUT2D eigenvalue weighted by Gasteiger charge is -2.43. The summed E-state index contributed by atoms with van der Waals surface area (Å²) in [6.45, 7) is 9.52. The average Bonchev–Trinajstić information content (AvgIpc) is 2.50. The normalized spacial score (nSPS) is 24.2. The Hall–Kier alpha value is -1.16. The molecule has 0 radical (unpaired) electrons. The topological polar surface area (TPSA) is 15.3 Å². The van der Waals surface area contributed by atoms with Crippen LogP contribution in [0.4, 0.5) is 14.5 Å². The van der Waals surface area contributed by atoms with Crippen LogP contribution < -0.4 is 10.2 Å². The number of anilines is 1. The average molecular weight is 296 g/mol. The van der Waals surface area contributed by atoms with Gasteiger partial charge in [0.2, 0.25) is 0 Å². The molecule has 0 aliphatic carbocycles. The van der Waals surface area contributed by atoms with Crippen molar-refractivity contribution in [2.75, 3.05) is 18.0 Å². The highest BCUT2D eigenvalue weighted by Gasteiger charge is 2.32. The molecule has 2 nitrogen and oxygen atoms in total. The summed E-state index contributed by atoms with van der Waals surface area (Å²) in [5, 5.41) is 3.54. The van der Waals surface area contributed by atoms with Crippen molar-refractivity contribution in [3.8, 4) is 0 Å². The molecular formula is C17H26F2N2. The molecule has 3 atom stereocenters. The summed E-state index contributed by atoms with van der Waals surface area (Å²) in [4.78, 5) is 1.94. The second kappa shape index (κ2) is 6.73. The van der Waals surface area contributed by atoms with Gasteiger partial charge in [0.05, 0.1) is 0 Å². The first-order chi connectivity index (χ1) is 9.99. The Morgan fingerprint density at radius 2 is 2.05 bits per heavy atom. The van der Waals surface area contributed by atoms with E-state index in [1.165, 1.54) is 12.1 Å². The van der Waals surface area contributed by atoms with E-state index in [9.17, 15) is 8.78 Å². The molecule has 0 saturated carbocycles. The molecule has 1 saturated heterocycles. The molecule has 0 spiro atoms. The Morgan fingerprint density at radius 3 is 2.67 bits per heavy atom. The molecule has 1 fully saturated rings. The molecule has 0 amide bonds. The third-order valence-electron chi connectivity index (χ3n) is 4.80. The van der Waals surface area contributed by atoms with Crippen LogP contribution in [0.15, 0.2) is 12.1 Å². The number of rotatable bonds is 4. The van der Waals surface area contributed by atoms with Gasteiger partial charge in [-0.15, -0.1) is 0 Å². The summed E-state index contributed by atoms with van der Waals surface area (Å²) in [6, 6.07) is 3.29. The summed E-state index contributed by atoms with van der Waals surface area (Å²) in [6.07, 6.45) is 1.92. The third kappa shape index (κ3) is 3.20. The van der Waals surface area contributed by atoms with Gasteiger partial charge >= 0.3 is 0 Å². The van der Waals surface area contributed by atoms with E-state index in [4.69, 9.17) is 0 Å². The summed E-state index contributed by atoms with van der Waals surface area (Å²) in [5.74, 6) is -0.388. The number of aryl methyl sites for hydroxylation is 1. The number of hydrogen-bond acceptors (Lipinski definition) is 2. The van der Waals surface area contributed by atoms with Gasteiger partial charge in [-0.1, -0.05) is 33.3 Å². The molecule has 2 rings (SSSR count). The van der Waals surface area contributed by atoms with Gasteiger partial charge in [0.1, 0.15) is 11.5 Å². The van der Waals surface area contributed by atoms with Crippen molar-refractivity contribution in [1.29, 1.82) is 0 Å². The minimum absolute atomic E-state index is 0.135. The maximum Gasteiger partial charge on any atom is 0.152 e. The van der Waals surface area contributed by atoms with Crippen LogP contribution in [0, 0.1) is 24.5 Å². The highest BCUT2D eigenvalue weighted by Crippen LogP contribution is 2.30. The Morgan fingerprint density at radius 1 is 1.33 bits per heavy atom. The zero-order valence-electron chi connectivity index (χ0n) is 13.4. The highest BCUT2D eigenvalue weighted by atomic mass is 19.1. The molecule has 21 heavy (non-hydrogen) atoms. The van der Waals surface area contributed by atoms with Crippen LogP contribution >= 0.6 is 0 Å². The molecule has 1 N–H and O–H groups in total. The van der Waals surface area contributed by atoms with Crippen molar-refractivity contribution in [1.82, 2.24) is 5.32 Å². The maximum atomic E-state index is 14.5. The van der Waals surface area contributed by atoms with E-state index in [1.54, 1.807) is 6.92 Å². The zero-order chi connectivity index (χ0) is 15.6. The zero-order valence-corrected chi connectivity index (χ0v) is 13.4. The standard InChI is InChI=1S/C17H26F2N2/c1-5-11(3)15-10-21(13(6-2)9-20-15)17-14(18)8-7-12(4)16(17)19/h7-8,11,13,15,20H,5-6,9-10H2,1-4H3. The quantitative estimate of drug-likeness (QED) is 0.907. The van der Waals surface area contributed by atoms with Crippen molar-refractivity contribution in [3.63, 3.8) is 0 Å². The lowest BCUT2D eigenvalue weighted by atomic mass is 9.94. The molecular weight excluding hydrogens is 270 g/mol. The predicted octanol–water partition coefficient (Wildman–Crippen LogP) is 3.88. The number of halogens is 2. The third-order valence-corrected chi connectivity index (χ3v) is 4.80. The number of nitrogens with one attached hydrogen (secondary N) is 1. The minimum Gasteiger partial charge on any atom is -0.361 e. The van der Waals surface area contributed by atoms with Crippen LogP contribution in [0.3, 0.4) is 0 Å². The van der Waals surface area contributed by atoms with Crippen LogP contribution in [-0.4, -0.2) is 25.2 Å². The fourth-order valence-corrected chi connectivity index (χ4v) is 3.03.